The third-order valence-corrected chi connectivity index (χ3v) is 8.54. The Bertz CT molecular complexity index is 1800. The highest BCUT2D eigenvalue weighted by Crippen LogP contribution is 2.52. The summed E-state index contributed by atoms with van der Waals surface area (Å²) in [7, 11) is 0. The summed E-state index contributed by atoms with van der Waals surface area (Å²) in [6.45, 7) is 2.13. The normalized spacial score (nSPS) is 17.5. The minimum atomic E-state index is -0.939. The molecule has 2 heterocycles. The van der Waals surface area contributed by atoms with Crippen molar-refractivity contribution in [1.82, 2.24) is 8.75 Å². The summed E-state index contributed by atoms with van der Waals surface area (Å²) in [5.74, 6) is 6.36. The molecule has 5 aromatic rings. The van der Waals surface area contributed by atoms with Crippen LogP contribution in [0.2, 0.25) is 0 Å². The number of hydrogen-bond acceptors (Lipinski definition) is 5. The van der Waals surface area contributed by atoms with Gasteiger partial charge in [-0.05, 0) is 79.4 Å². The van der Waals surface area contributed by atoms with Crippen LogP contribution in [0.3, 0.4) is 0 Å². The van der Waals surface area contributed by atoms with Crippen molar-refractivity contribution < 1.29 is 9.90 Å². The molecule has 0 saturated heterocycles. The maximum absolute atomic E-state index is 11.2. The lowest BCUT2D eigenvalue weighted by atomic mass is 9.96. The molecule has 2 unspecified atom stereocenters. The maximum atomic E-state index is 11.2. The van der Waals surface area contributed by atoms with Crippen LogP contribution in [0.15, 0.2) is 78.9 Å². The fourth-order valence-corrected chi connectivity index (χ4v) is 6.68. The Labute approximate surface area is 231 Å². The van der Waals surface area contributed by atoms with Gasteiger partial charge in [-0.3, -0.25) is 0 Å². The lowest BCUT2D eigenvalue weighted by Gasteiger charge is -2.27. The van der Waals surface area contributed by atoms with E-state index >= 15 is 0 Å². The van der Waals surface area contributed by atoms with Crippen LogP contribution in [0.25, 0.3) is 22.2 Å². The molecule has 2 aliphatic rings. The first-order chi connectivity index (χ1) is 19.1. The van der Waals surface area contributed by atoms with Crippen molar-refractivity contribution >= 4 is 40.1 Å². The van der Waals surface area contributed by atoms with Crippen LogP contribution in [0.5, 0.6) is 0 Å². The van der Waals surface area contributed by atoms with Gasteiger partial charge in [-0.2, -0.15) is 8.75 Å². The number of carboxylic acids is 1. The number of benzene rings is 4. The zero-order valence-corrected chi connectivity index (χ0v) is 22.2. The van der Waals surface area contributed by atoms with E-state index in [1.54, 1.807) is 12.1 Å². The van der Waals surface area contributed by atoms with Crippen molar-refractivity contribution in [3.63, 3.8) is 0 Å². The molecule has 1 aliphatic carbocycles. The molecule has 0 amide bonds. The Morgan fingerprint density at radius 1 is 0.923 bits per heavy atom. The van der Waals surface area contributed by atoms with Crippen molar-refractivity contribution in [1.29, 1.82) is 0 Å². The summed E-state index contributed by atoms with van der Waals surface area (Å²) >= 11 is 1.16. The van der Waals surface area contributed by atoms with Crippen molar-refractivity contribution in [3.05, 3.63) is 107 Å². The average molecular weight is 528 g/mol. The fraction of sp³-hybridized carbons (Fsp3) is 0.182. The summed E-state index contributed by atoms with van der Waals surface area (Å²) < 4.78 is 9.08. The third-order valence-electron chi connectivity index (χ3n) is 8.01. The van der Waals surface area contributed by atoms with Gasteiger partial charge in [0.05, 0.1) is 22.9 Å². The van der Waals surface area contributed by atoms with Crippen molar-refractivity contribution in [2.75, 3.05) is 4.90 Å². The van der Waals surface area contributed by atoms with Crippen LogP contribution < -0.4 is 4.90 Å². The predicted molar refractivity (Wildman–Crippen MR) is 156 cm³/mol. The fourth-order valence-electron chi connectivity index (χ4n) is 6.11. The summed E-state index contributed by atoms with van der Waals surface area (Å²) in [6, 6.07) is 26.9. The largest absolute Gasteiger partial charge is 0.478 e. The van der Waals surface area contributed by atoms with Gasteiger partial charge < -0.3 is 10.0 Å². The summed E-state index contributed by atoms with van der Waals surface area (Å²) in [5.41, 5.74) is 10.7. The minimum absolute atomic E-state index is 0.258. The van der Waals surface area contributed by atoms with Crippen LogP contribution in [0.4, 0.5) is 11.4 Å². The topological polar surface area (TPSA) is 66.3 Å². The summed E-state index contributed by atoms with van der Waals surface area (Å²) in [6.07, 6.45) is 3.69. The van der Waals surface area contributed by atoms with Gasteiger partial charge in [0.1, 0.15) is 11.0 Å². The van der Waals surface area contributed by atoms with Gasteiger partial charge in [0.2, 0.25) is 0 Å². The molecule has 1 N–H and O–H groups in total. The van der Waals surface area contributed by atoms with E-state index < -0.39 is 5.97 Å². The van der Waals surface area contributed by atoms with Gasteiger partial charge >= 0.3 is 5.97 Å². The standard InChI is InChI=1S/C33H25N3O2S/c1-20-5-15-25(16-6-20)36-29-4-2-3-27(29)28-19-21(8-18-30(28)36)7-9-23-14-17-26(32-31(23)34-39-35-32)22-10-12-24(13-11-22)33(37)38/h5-6,8,10-19,27,29H,2-4H2,1H3,(H,37,38). The monoisotopic (exact) mass is 527 g/mol. The number of fused-ring (bicyclic) bond motifs is 4. The number of aryl methyl sites for hydroxylation is 1. The second kappa shape index (κ2) is 9.37. The smallest absolute Gasteiger partial charge is 0.335 e. The first kappa shape index (κ1) is 23.6. The van der Waals surface area contributed by atoms with Crippen LogP contribution in [0, 0.1) is 18.8 Å². The van der Waals surface area contributed by atoms with Crippen molar-refractivity contribution in [3.8, 4) is 23.0 Å². The second-order valence-corrected chi connectivity index (χ2v) is 10.9. The van der Waals surface area contributed by atoms with E-state index in [2.05, 4.69) is 74.9 Å². The zero-order chi connectivity index (χ0) is 26.5. The van der Waals surface area contributed by atoms with Gasteiger partial charge in [-0.25, -0.2) is 4.79 Å². The molecule has 1 saturated carbocycles. The molecule has 0 bridgehead atoms. The Morgan fingerprint density at radius 2 is 1.72 bits per heavy atom. The number of carbonyl (C=O) groups is 1. The predicted octanol–water partition coefficient (Wildman–Crippen LogP) is 7.55. The lowest BCUT2D eigenvalue weighted by molar-refractivity contribution is 0.0697. The second-order valence-electron chi connectivity index (χ2n) is 10.3. The molecular formula is C33H25N3O2S. The molecule has 2 atom stereocenters. The Kier molecular flexibility index (Phi) is 5.68. The van der Waals surface area contributed by atoms with Crippen LogP contribution in [0.1, 0.15) is 57.8 Å². The van der Waals surface area contributed by atoms with Gasteiger partial charge in [0.25, 0.3) is 0 Å². The highest BCUT2D eigenvalue weighted by Gasteiger charge is 2.42. The number of aromatic nitrogens is 2. The summed E-state index contributed by atoms with van der Waals surface area (Å²) in [4.78, 5) is 13.8. The van der Waals surface area contributed by atoms with E-state index in [1.807, 2.05) is 24.3 Å². The van der Waals surface area contributed by atoms with Crippen LogP contribution in [-0.4, -0.2) is 25.9 Å². The molecule has 190 valence electrons. The van der Waals surface area contributed by atoms with E-state index in [1.165, 1.54) is 41.8 Å². The summed E-state index contributed by atoms with van der Waals surface area (Å²) in [5, 5.41) is 9.21. The molecule has 0 radical (unpaired) electrons. The molecule has 39 heavy (non-hydrogen) atoms. The molecule has 5 nitrogen and oxygen atoms in total. The van der Waals surface area contributed by atoms with Crippen LogP contribution >= 0.6 is 11.7 Å². The first-order valence-electron chi connectivity index (χ1n) is 13.2. The molecular weight excluding hydrogens is 502 g/mol. The highest BCUT2D eigenvalue weighted by molar-refractivity contribution is 7.00. The van der Waals surface area contributed by atoms with Crippen molar-refractivity contribution in [2.24, 2.45) is 0 Å². The molecule has 1 fully saturated rings. The van der Waals surface area contributed by atoms with E-state index in [0.717, 1.165) is 45.0 Å². The van der Waals surface area contributed by atoms with Crippen molar-refractivity contribution in [2.45, 2.75) is 38.1 Å². The van der Waals surface area contributed by atoms with Gasteiger partial charge in [-0.1, -0.05) is 54.2 Å². The number of rotatable bonds is 3. The SMILES string of the molecule is Cc1ccc(N2c3ccc(C#Cc4ccc(-c5ccc(C(=O)O)cc5)c5nsnc45)cc3C3CCCC32)cc1. The molecule has 1 aromatic heterocycles. The number of hydrogen-bond donors (Lipinski definition) is 1. The average Bonchev–Trinajstić information content (AvgIpc) is 3.69. The Hall–Kier alpha value is -4.47. The first-order valence-corrected chi connectivity index (χ1v) is 13.9. The molecule has 1 aliphatic heterocycles. The Balaban J connectivity index is 1.22. The van der Waals surface area contributed by atoms with Gasteiger partial charge in [0.15, 0.2) is 0 Å². The number of anilines is 2. The quantitative estimate of drug-likeness (QED) is 0.245. The Morgan fingerprint density at radius 3 is 2.51 bits per heavy atom. The maximum Gasteiger partial charge on any atom is 0.335 e. The zero-order valence-electron chi connectivity index (χ0n) is 21.4. The van der Waals surface area contributed by atoms with Crippen LogP contribution in [-0.2, 0) is 0 Å². The highest BCUT2D eigenvalue weighted by atomic mass is 32.1. The third kappa shape index (κ3) is 4.07. The molecule has 6 heteroatoms. The van der Waals surface area contributed by atoms with E-state index in [-0.39, 0.29) is 5.56 Å². The number of carboxylic acid groups (broad SMARTS) is 1. The molecule has 4 aromatic carbocycles. The lowest BCUT2D eigenvalue weighted by Crippen LogP contribution is -2.26. The minimum Gasteiger partial charge on any atom is -0.478 e. The van der Waals surface area contributed by atoms with E-state index in [4.69, 9.17) is 0 Å². The number of nitrogens with zero attached hydrogens (tertiary/aromatic N) is 3. The van der Waals surface area contributed by atoms with Gasteiger partial charge in [-0.15, -0.1) is 0 Å². The molecule has 0 spiro atoms. The number of aromatic carboxylic acids is 1. The molecule has 7 rings (SSSR count). The van der Waals surface area contributed by atoms with E-state index in [9.17, 15) is 9.90 Å². The van der Waals surface area contributed by atoms with Gasteiger partial charge in [0, 0.05) is 34.5 Å². The van der Waals surface area contributed by atoms with E-state index in [0.29, 0.717) is 12.0 Å².